The number of nitrogens with zero attached hydrogens (tertiary/aromatic N) is 1. The van der Waals surface area contributed by atoms with Crippen molar-refractivity contribution in [1.82, 2.24) is 10.2 Å². The molecular formula is C13H28N2S. The topological polar surface area (TPSA) is 15.3 Å². The van der Waals surface area contributed by atoms with Crippen LogP contribution in [0.1, 0.15) is 34.1 Å². The number of rotatable bonds is 6. The zero-order chi connectivity index (χ0) is 12.0. The first kappa shape index (κ1) is 14.3. The number of nitrogens with one attached hydrogen (secondary N) is 1. The maximum absolute atomic E-state index is 3.62. The minimum absolute atomic E-state index is 0.690. The summed E-state index contributed by atoms with van der Waals surface area (Å²) in [6.45, 7) is 12.9. The van der Waals surface area contributed by atoms with E-state index >= 15 is 0 Å². The third kappa shape index (κ3) is 4.64. The lowest BCUT2D eigenvalue weighted by Gasteiger charge is -2.39. The van der Waals surface area contributed by atoms with E-state index in [-0.39, 0.29) is 0 Å². The van der Waals surface area contributed by atoms with Gasteiger partial charge in [0.15, 0.2) is 0 Å². The highest BCUT2D eigenvalue weighted by Crippen LogP contribution is 2.14. The third-order valence-electron chi connectivity index (χ3n) is 3.55. The first-order valence-electron chi connectivity index (χ1n) is 6.70. The Kier molecular flexibility index (Phi) is 6.78. The maximum atomic E-state index is 3.62. The highest BCUT2D eigenvalue weighted by atomic mass is 32.2. The average molecular weight is 244 g/mol. The molecule has 2 unspecified atom stereocenters. The van der Waals surface area contributed by atoms with E-state index in [4.69, 9.17) is 0 Å². The Morgan fingerprint density at radius 1 is 1.38 bits per heavy atom. The standard InChI is InChI=1S/C13H28N2S/c1-5-16-9-6-12(4)15-8-7-14-13(10-15)11(2)3/h11-14H,5-10H2,1-4H3. The van der Waals surface area contributed by atoms with E-state index in [2.05, 4.69) is 49.7 Å². The third-order valence-corrected chi connectivity index (χ3v) is 4.48. The molecule has 1 heterocycles. The van der Waals surface area contributed by atoms with E-state index in [1.165, 1.54) is 31.0 Å². The number of piperazine rings is 1. The Labute approximate surface area is 106 Å². The molecular weight excluding hydrogens is 216 g/mol. The van der Waals surface area contributed by atoms with Crippen LogP contribution in [0.2, 0.25) is 0 Å². The lowest BCUT2D eigenvalue weighted by atomic mass is 10.0. The van der Waals surface area contributed by atoms with E-state index < -0.39 is 0 Å². The van der Waals surface area contributed by atoms with Crippen molar-refractivity contribution in [2.75, 3.05) is 31.1 Å². The first-order valence-corrected chi connectivity index (χ1v) is 7.85. The number of hydrogen-bond acceptors (Lipinski definition) is 3. The second-order valence-electron chi connectivity index (χ2n) is 5.13. The van der Waals surface area contributed by atoms with E-state index in [1.807, 2.05) is 0 Å². The molecule has 0 aromatic carbocycles. The molecule has 1 fully saturated rings. The van der Waals surface area contributed by atoms with Crippen molar-refractivity contribution in [3.63, 3.8) is 0 Å². The van der Waals surface area contributed by atoms with Crippen LogP contribution >= 0.6 is 11.8 Å². The summed E-state index contributed by atoms with van der Waals surface area (Å²) < 4.78 is 0. The largest absolute Gasteiger partial charge is 0.311 e. The summed E-state index contributed by atoms with van der Waals surface area (Å²) in [6.07, 6.45) is 1.34. The van der Waals surface area contributed by atoms with Gasteiger partial charge in [-0.3, -0.25) is 4.90 Å². The molecule has 0 bridgehead atoms. The quantitative estimate of drug-likeness (QED) is 0.723. The van der Waals surface area contributed by atoms with E-state index in [0.717, 1.165) is 18.5 Å². The van der Waals surface area contributed by atoms with Crippen molar-refractivity contribution in [3.05, 3.63) is 0 Å². The summed E-state index contributed by atoms with van der Waals surface area (Å²) in [5, 5.41) is 3.62. The molecule has 1 N–H and O–H groups in total. The Hall–Kier alpha value is 0.270. The maximum Gasteiger partial charge on any atom is 0.0218 e. The first-order chi connectivity index (χ1) is 7.65. The summed E-state index contributed by atoms with van der Waals surface area (Å²) in [7, 11) is 0. The van der Waals surface area contributed by atoms with Gasteiger partial charge in [-0.25, -0.2) is 0 Å². The van der Waals surface area contributed by atoms with Gasteiger partial charge in [0.05, 0.1) is 0 Å². The minimum Gasteiger partial charge on any atom is -0.311 e. The predicted octanol–water partition coefficient (Wildman–Crippen LogP) is 2.45. The van der Waals surface area contributed by atoms with E-state index in [0.29, 0.717) is 6.04 Å². The van der Waals surface area contributed by atoms with Crippen molar-refractivity contribution >= 4 is 11.8 Å². The van der Waals surface area contributed by atoms with Gasteiger partial charge in [-0.15, -0.1) is 0 Å². The van der Waals surface area contributed by atoms with Gasteiger partial charge in [-0.2, -0.15) is 11.8 Å². The van der Waals surface area contributed by atoms with Gasteiger partial charge in [0.25, 0.3) is 0 Å². The Bertz CT molecular complexity index is 185. The van der Waals surface area contributed by atoms with Crippen LogP contribution in [-0.2, 0) is 0 Å². The second kappa shape index (κ2) is 7.57. The Balaban J connectivity index is 2.29. The van der Waals surface area contributed by atoms with Gasteiger partial charge in [0, 0.05) is 31.7 Å². The zero-order valence-corrected chi connectivity index (χ0v) is 12.1. The van der Waals surface area contributed by atoms with Crippen LogP contribution < -0.4 is 5.32 Å². The van der Waals surface area contributed by atoms with Gasteiger partial charge in [0.1, 0.15) is 0 Å². The zero-order valence-electron chi connectivity index (χ0n) is 11.3. The van der Waals surface area contributed by atoms with Gasteiger partial charge < -0.3 is 5.32 Å². The van der Waals surface area contributed by atoms with Crippen molar-refractivity contribution in [1.29, 1.82) is 0 Å². The molecule has 2 nitrogen and oxygen atoms in total. The molecule has 1 saturated heterocycles. The smallest absolute Gasteiger partial charge is 0.0218 e. The van der Waals surface area contributed by atoms with E-state index in [9.17, 15) is 0 Å². The molecule has 0 aromatic heterocycles. The summed E-state index contributed by atoms with van der Waals surface area (Å²) in [4.78, 5) is 2.66. The molecule has 3 heteroatoms. The Morgan fingerprint density at radius 3 is 2.75 bits per heavy atom. The van der Waals surface area contributed by atoms with Crippen molar-refractivity contribution in [2.45, 2.75) is 46.2 Å². The monoisotopic (exact) mass is 244 g/mol. The van der Waals surface area contributed by atoms with Crippen LogP contribution in [0.4, 0.5) is 0 Å². The van der Waals surface area contributed by atoms with Crippen molar-refractivity contribution in [3.8, 4) is 0 Å². The fourth-order valence-corrected chi connectivity index (χ4v) is 3.03. The molecule has 96 valence electrons. The molecule has 1 rings (SSSR count). The van der Waals surface area contributed by atoms with Crippen LogP contribution in [-0.4, -0.2) is 48.1 Å². The molecule has 1 aliphatic heterocycles. The number of thioether (sulfide) groups is 1. The Morgan fingerprint density at radius 2 is 2.12 bits per heavy atom. The minimum atomic E-state index is 0.690. The summed E-state index contributed by atoms with van der Waals surface area (Å²) in [6, 6.07) is 1.44. The van der Waals surface area contributed by atoms with Gasteiger partial charge in [-0.1, -0.05) is 20.8 Å². The van der Waals surface area contributed by atoms with Crippen LogP contribution in [0.5, 0.6) is 0 Å². The van der Waals surface area contributed by atoms with Gasteiger partial charge in [-0.05, 0) is 30.8 Å². The lowest BCUT2D eigenvalue weighted by Crippen LogP contribution is -2.55. The molecule has 16 heavy (non-hydrogen) atoms. The molecule has 1 aliphatic rings. The predicted molar refractivity (Wildman–Crippen MR) is 75.3 cm³/mol. The summed E-state index contributed by atoms with van der Waals surface area (Å²) in [5.41, 5.74) is 0. The molecule has 2 atom stereocenters. The van der Waals surface area contributed by atoms with E-state index in [1.54, 1.807) is 0 Å². The normalized spacial score (nSPS) is 24.9. The number of hydrogen-bond donors (Lipinski definition) is 1. The highest BCUT2D eigenvalue weighted by Gasteiger charge is 2.24. The van der Waals surface area contributed by atoms with Crippen LogP contribution in [0, 0.1) is 5.92 Å². The summed E-state index contributed by atoms with van der Waals surface area (Å²) >= 11 is 2.07. The summed E-state index contributed by atoms with van der Waals surface area (Å²) in [5.74, 6) is 3.32. The van der Waals surface area contributed by atoms with Crippen LogP contribution in [0.3, 0.4) is 0 Å². The fourth-order valence-electron chi connectivity index (χ4n) is 2.23. The molecule has 0 spiro atoms. The van der Waals surface area contributed by atoms with Crippen molar-refractivity contribution in [2.24, 2.45) is 5.92 Å². The molecule has 0 aromatic rings. The fraction of sp³-hybridized carbons (Fsp3) is 1.00. The van der Waals surface area contributed by atoms with Gasteiger partial charge in [0.2, 0.25) is 0 Å². The molecule has 0 amide bonds. The van der Waals surface area contributed by atoms with Gasteiger partial charge >= 0.3 is 0 Å². The average Bonchev–Trinajstić information content (AvgIpc) is 2.29. The van der Waals surface area contributed by atoms with Crippen LogP contribution in [0.15, 0.2) is 0 Å². The molecule has 0 aliphatic carbocycles. The second-order valence-corrected chi connectivity index (χ2v) is 6.53. The van der Waals surface area contributed by atoms with Crippen molar-refractivity contribution < 1.29 is 0 Å². The highest BCUT2D eigenvalue weighted by molar-refractivity contribution is 7.99. The van der Waals surface area contributed by atoms with Crippen LogP contribution in [0.25, 0.3) is 0 Å². The molecule has 0 saturated carbocycles. The SMILES string of the molecule is CCSCCC(C)N1CCNC(C(C)C)C1. The lowest BCUT2D eigenvalue weighted by molar-refractivity contribution is 0.132. The molecule has 0 radical (unpaired) electrons.